The normalized spacial score (nSPS) is 17.5. The van der Waals surface area contributed by atoms with E-state index >= 15 is 0 Å². The zero-order valence-corrected chi connectivity index (χ0v) is 12.1. The molecule has 0 amide bonds. The van der Waals surface area contributed by atoms with Crippen LogP contribution in [-0.4, -0.2) is 20.7 Å². The summed E-state index contributed by atoms with van der Waals surface area (Å²) in [7, 11) is 3.74. The summed E-state index contributed by atoms with van der Waals surface area (Å²) >= 11 is 0. The predicted molar refractivity (Wildman–Crippen MR) is 81.5 cm³/mol. The highest BCUT2D eigenvalue weighted by atomic mass is 16.5. The molecule has 2 nitrogen and oxygen atoms in total. The maximum absolute atomic E-state index is 5.20. The van der Waals surface area contributed by atoms with E-state index in [1.807, 2.05) is 19.2 Å². The fourth-order valence-electron chi connectivity index (χ4n) is 2.90. The first-order valence-electron chi connectivity index (χ1n) is 7.32. The molecule has 0 aromatic heterocycles. The van der Waals surface area contributed by atoms with Gasteiger partial charge in [-0.2, -0.15) is 0 Å². The van der Waals surface area contributed by atoms with Gasteiger partial charge in [-0.25, -0.2) is 0 Å². The topological polar surface area (TPSA) is 21.3 Å². The maximum atomic E-state index is 5.20. The Kier molecular flexibility index (Phi) is 5.46. The predicted octanol–water partition coefficient (Wildman–Crippen LogP) is 3.88. The molecule has 0 spiro atoms. The Balaban J connectivity index is 2.13. The van der Waals surface area contributed by atoms with Crippen LogP contribution in [0.2, 0.25) is 0 Å². The van der Waals surface area contributed by atoms with Gasteiger partial charge in [0.1, 0.15) is 5.75 Å². The molecule has 19 heavy (non-hydrogen) atoms. The first kappa shape index (κ1) is 14.1. The fourth-order valence-corrected chi connectivity index (χ4v) is 2.90. The molecule has 1 aromatic rings. The Morgan fingerprint density at radius 2 is 1.89 bits per heavy atom. The van der Waals surface area contributed by atoms with E-state index in [1.54, 1.807) is 12.7 Å². The van der Waals surface area contributed by atoms with E-state index < -0.39 is 0 Å². The molecule has 0 unspecified atom stereocenters. The fraction of sp³-hybridized carbons (Fsp3) is 0.529. The molecule has 0 aliphatic heterocycles. The van der Waals surface area contributed by atoms with E-state index in [2.05, 4.69) is 23.5 Å². The molecular weight excluding hydrogens is 234 g/mol. The smallest absolute Gasteiger partial charge is 0.118 e. The quantitative estimate of drug-likeness (QED) is 0.866. The molecular formula is C17H25NO. The van der Waals surface area contributed by atoms with Crippen molar-refractivity contribution >= 4 is 6.08 Å². The van der Waals surface area contributed by atoms with Gasteiger partial charge in [-0.05, 0) is 43.5 Å². The highest BCUT2D eigenvalue weighted by Crippen LogP contribution is 2.30. The summed E-state index contributed by atoms with van der Waals surface area (Å²) < 4.78 is 5.20. The van der Waals surface area contributed by atoms with Crippen molar-refractivity contribution in [2.45, 2.75) is 32.1 Å². The van der Waals surface area contributed by atoms with Crippen molar-refractivity contribution in [1.82, 2.24) is 5.32 Å². The Morgan fingerprint density at radius 3 is 2.47 bits per heavy atom. The van der Waals surface area contributed by atoms with E-state index in [0.29, 0.717) is 0 Å². The second-order valence-electron chi connectivity index (χ2n) is 5.36. The van der Waals surface area contributed by atoms with Crippen molar-refractivity contribution in [3.05, 3.63) is 35.4 Å². The minimum atomic E-state index is 0.767. The number of ether oxygens (including phenoxy) is 1. The number of methoxy groups -OCH3 is 1. The molecule has 1 aromatic carbocycles. The van der Waals surface area contributed by atoms with E-state index in [0.717, 1.165) is 18.2 Å². The third kappa shape index (κ3) is 4.10. The molecule has 1 aliphatic rings. The van der Waals surface area contributed by atoms with Gasteiger partial charge in [-0.15, -0.1) is 0 Å². The molecule has 104 valence electrons. The van der Waals surface area contributed by atoms with Crippen LogP contribution in [0.5, 0.6) is 5.75 Å². The third-order valence-electron chi connectivity index (χ3n) is 3.98. The maximum Gasteiger partial charge on any atom is 0.118 e. The number of hydrogen-bond donors (Lipinski definition) is 1. The molecule has 1 aliphatic carbocycles. The molecule has 2 heteroatoms. The minimum Gasteiger partial charge on any atom is -0.497 e. The van der Waals surface area contributed by atoms with Crippen molar-refractivity contribution < 1.29 is 4.74 Å². The lowest BCUT2D eigenvalue weighted by Gasteiger charge is -2.24. The molecule has 0 bridgehead atoms. The van der Waals surface area contributed by atoms with E-state index in [4.69, 9.17) is 4.74 Å². The van der Waals surface area contributed by atoms with Gasteiger partial charge in [-0.1, -0.05) is 43.0 Å². The largest absolute Gasteiger partial charge is 0.497 e. The summed E-state index contributed by atoms with van der Waals surface area (Å²) in [6.07, 6.45) is 9.23. The molecule has 1 saturated carbocycles. The summed E-state index contributed by atoms with van der Waals surface area (Å²) in [5.74, 6) is 1.69. The second kappa shape index (κ2) is 7.34. The lowest BCUT2D eigenvalue weighted by molar-refractivity contribution is 0.398. The molecule has 2 rings (SSSR count). The van der Waals surface area contributed by atoms with Crippen LogP contribution in [0.3, 0.4) is 0 Å². The van der Waals surface area contributed by atoms with E-state index in [-0.39, 0.29) is 0 Å². The van der Waals surface area contributed by atoms with Crippen molar-refractivity contribution in [3.8, 4) is 5.75 Å². The van der Waals surface area contributed by atoms with Gasteiger partial charge in [0, 0.05) is 6.54 Å². The van der Waals surface area contributed by atoms with Gasteiger partial charge in [0.25, 0.3) is 0 Å². The van der Waals surface area contributed by atoms with Crippen LogP contribution in [0, 0.1) is 5.92 Å². The summed E-state index contributed by atoms with van der Waals surface area (Å²) in [5.41, 5.74) is 2.82. The van der Waals surface area contributed by atoms with Crippen molar-refractivity contribution in [1.29, 1.82) is 0 Å². The number of nitrogens with one attached hydrogen (secondary N) is 1. The lowest BCUT2D eigenvalue weighted by atomic mass is 9.83. The van der Waals surface area contributed by atoms with Gasteiger partial charge in [0.15, 0.2) is 0 Å². The lowest BCUT2D eigenvalue weighted by Crippen LogP contribution is -2.19. The zero-order chi connectivity index (χ0) is 13.5. The van der Waals surface area contributed by atoms with Crippen LogP contribution < -0.4 is 10.1 Å². The first-order chi connectivity index (χ1) is 9.33. The standard InChI is InChI=1S/C17H25NO/c1-18-13-16(15-6-4-3-5-7-15)12-14-8-10-17(19-2)11-9-14/h8-12,15,18H,3-7,13H2,1-2H3. The highest BCUT2D eigenvalue weighted by Gasteiger charge is 2.17. The van der Waals surface area contributed by atoms with Crippen LogP contribution in [0.1, 0.15) is 37.7 Å². The third-order valence-corrected chi connectivity index (χ3v) is 3.98. The average molecular weight is 259 g/mol. The molecule has 0 saturated heterocycles. The first-order valence-corrected chi connectivity index (χ1v) is 7.32. The molecule has 0 radical (unpaired) electrons. The number of rotatable bonds is 5. The van der Waals surface area contributed by atoms with Crippen molar-refractivity contribution in [2.75, 3.05) is 20.7 Å². The number of hydrogen-bond acceptors (Lipinski definition) is 2. The second-order valence-corrected chi connectivity index (χ2v) is 5.36. The van der Waals surface area contributed by atoms with Crippen LogP contribution in [0.4, 0.5) is 0 Å². The van der Waals surface area contributed by atoms with E-state index in [9.17, 15) is 0 Å². The Hall–Kier alpha value is -1.28. The molecule has 0 atom stereocenters. The molecule has 1 fully saturated rings. The Labute approximate surface area is 116 Å². The number of likely N-dealkylation sites (N-methyl/N-ethyl adjacent to an activating group) is 1. The summed E-state index contributed by atoms with van der Waals surface area (Å²) in [6, 6.07) is 8.34. The highest BCUT2D eigenvalue weighted by molar-refractivity contribution is 5.55. The minimum absolute atomic E-state index is 0.767. The summed E-state index contributed by atoms with van der Waals surface area (Å²) in [5, 5.41) is 3.31. The Morgan fingerprint density at radius 1 is 1.21 bits per heavy atom. The summed E-state index contributed by atoms with van der Waals surface area (Å²) in [4.78, 5) is 0. The van der Waals surface area contributed by atoms with Gasteiger partial charge in [0.2, 0.25) is 0 Å². The molecule has 0 heterocycles. The van der Waals surface area contributed by atoms with E-state index in [1.165, 1.54) is 37.7 Å². The van der Waals surface area contributed by atoms with Gasteiger partial charge < -0.3 is 10.1 Å². The zero-order valence-electron chi connectivity index (χ0n) is 12.1. The van der Waals surface area contributed by atoms with Gasteiger partial charge in [-0.3, -0.25) is 0 Å². The average Bonchev–Trinajstić information content (AvgIpc) is 2.48. The summed E-state index contributed by atoms with van der Waals surface area (Å²) in [6.45, 7) is 0.997. The molecule has 1 N–H and O–H groups in total. The Bertz CT molecular complexity index is 402. The van der Waals surface area contributed by atoms with Crippen LogP contribution in [0.15, 0.2) is 29.8 Å². The van der Waals surface area contributed by atoms with Gasteiger partial charge >= 0.3 is 0 Å². The van der Waals surface area contributed by atoms with Crippen molar-refractivity contribution in [3.63, 3.8) is 0 Å². The van der Waals surface area contributed by atoms with Crippen LogP contribution in [-0.2, 0) is 0 Å². The monoisotopic (exact) mass is 259 g/mol. The van der Waals surface area contributed by atoms with Crippen molar-refractivity contribution in [2.24, 2.45) is 5.92 Å². The van der Waals surface area contributed by atoms with Crippen LogP contribution in [0.25, 0.3) is 6.08 Å². The SMILES string of the molecule is CNCC(=Cc1ccc(OC)cc1)C1CCCCC1. The van der Waals surface area contributed by atoms with Gasteiger partial charge in [0.05, 0.1) is 7.11 Å². The number of benzene rings is 1. The van der Waals surface area contributed by atoms with Crippen LogP contribution >= 0.6 is 0 Å².